The molecule has 1 aromatic rings. The molecule has 1 saturated carbocycles. The topological polar surface area (TPSA) is 59.0 Å². The molecule has 25 heavy (non-hydrogen) atoms. The normalized spacial score (nSPS) is 24.9. The van der Waals surface area contributed by atoms with Crippen LogP contribution in [0, 0.1) is 5.92 Å². The number of hydrogen-bond acceptors (Lipinski definition) is 4. The molecule has 1 saturated heterocycles. The van der Waals surface area contributed by atoms with E-state index in [1.165, 1.54) is 0 Å². The summed E-state index contributed by atoms with van der Waals surface area (Å²) in [5.74, 6) is 0.459. The zero-order valence-corrected chi connectivity index (χ0v) is 14.8. The van der Waals surface area contributed by atoms with Crippen molar-refractivity contribution in [2.75, 3.05) is 19.7 Å². The minimum Gasteiger partial charge on any atom is -0.445 e. The molecular weight excluding hydrogens is 318 g/mol. The lowest BCUT2D eigenvalue weighted by molar-refractivity contribution is -0.0618. The third-order valence-corrected chi connectivity index (χ3v) is 5.34. The quantitative estimate of drug-likeness (QED) is 0.887. The fraction of sp³-hybridized carbons (Fsp3) is 0.650. The second kappa shape index (κ2) is 9.20. The van der Waals surface area contributed by atoms with Crippen LogP contribution < -0.4 is 0 Å². The zero-order chi connectivity index (χ0) is 17.5. The standard InChI is InChI=1S/C20H29NO4/c22-14-16-6-8-18(9-7-16)25-19-10-12-21(13-11-19)20(23)24-15-17-4-2-1-3-5-17/h1-5,16,18-19,22H,6-15H2/t16-,18-. The maximum Gasteiger partial charge on any atom is 0.410 e. The minimum atomic E-state index is -0.231. The van der Waals surface area contributed by atoms with E-state index in [0.29, 0.717) is 38.3 Å². The number of amides is 1. The fourth-order valence-electron chi connectivity index (χ4n) is 3.71. The Morgan fingerprint density at radius 2 is 1.64 bits per heavy atom. The molecule has 0 radical (unpaired) electrons. The third-order valence-electron chi connectivity index (χ3n) is 5.34. The van der Waals surface area contributed by atoms with Crippen molar-refractivity contribution in [3.8, 4) is 0 Å². The molecule has 1 aliphatic carbocycles. The van der Waals surface area contributed by atoms with Crippen LogP contribution in [0.1, 0.15) is 44.1 Å². The summed E-state index contributed by atoms with van der Waals surface area (Å²) < 4.78 is 11.6. The highest BCUT2D eigenvalue weighted by molar-refractivity contribution is 5.67. The largest absolute Gasteiger partial charge is 0.445 e. The second-order valence-electron chi connectivity index (χ2n) is 7.19. The lowest BCUT2D eigenvalue weighted by atomic mass is 9.88. The van der Waals surface area contributed by atoms with E-state index in [0.717, 1.165) is 44.1 Å². The molecule has 0 atom stereocenters. The molecule has 1 heterocycles. The zero-order valence-electron chi connectivity index (χ0n) is 14.8. The lowest BCUT2D eigenvalue weighted by Crippen LogP contribution is -2.42. The van der Waals surface area contributed by atoms with E-state index in [-0.39, 0.29) is 12.2 Å². The average molecular weight is 347 g/mol. The number of hydrogen-bond donors (Lipinski definition) is 1. The van der Waals surface area contributed by atoms with Gasteiger partial charge >= 0.3 is 6.09 Å². The first kappa shape index (κ1) is 18.2. The van der Waals surface area contributed by atoms with Crippen molar-refractivity contribution in [1.29, 1.82) is 0 Å². The number of carbonyl (C=O) groups is 1. The van der Waals surface area contributed by atoms with Gasteiger partial charge in [0, 0.05) is 19.7 Å². The Morgan fingerprint density at radius 3 is 2.28 bits per heavy atom. The van der Waals surface area contributed by atoms with Crippen molar-refractivity contribution in [3.63, 3.8) is 0 Å². The molecule has 0 spiro atoms. The van der Waals surface area contributed by atoms with Gasteiger partial charge in [-0.15, -0.1) is 0 Å². The number of aliphatic hydroxyl groups is 1. The van der Waals surface area contributed by atoms with Crippen LogP contribution in [0.25, 0.3) is 0 Å². The molecule has 0 aromatic heterocycles. The molecule has 2 aliphatic rings. The first-order valence-corrected chi connectivity index (χ1v) is 9.46. The molecule has 3 rings (SSSR count). The number of benzene rings is 1. The molecule has 1 N–H and O–H groups in total. The molecule has 1 aromatic carbocycles. The van der Waals surface area contributed by atoms with Gasteiger partial charge < -0.3 is 19.5 Å². The smallest absolute Gasteiger partial charge is 0.410 e. The van der Waals surface area contributed by atoms with Crippen molar-refractivity contribution < 1.29 is 19.4 Å². The van der Waals surface area contributed by atoms with Crippen molar-refractivity contribution in [2.24, 2.45) is 5.92 Å². The van der Waals surface area contributed by atoms with Crippen molar-refractivity contribution in [1.82, 2.24) is 4.90 Å². The van der Waals surface area contributed by atoms with Crippen molar-refractivity contribution in [2.45, 2.75) is 57.3 Å². The monoisotopic (exact) mass is 347 g/mol. The highest BCUT2D eigenvalue weighted by Crippen LogP contribution is 2.28. The Labute approximate surface area is 149 Å². The number of carbonyl (C=O) groups excluding carboxylic acids is 1. The highest BCUT2D eigenvalue weighted by Gasteiger charge is 2.28. The van der Waals surface area contributed by atoms with Gasteiger partial charge in [0.15, 0.2) is 0 Å². The van der Waals surface area contributed by atoms with E-state index >= 15 is 0 Å². The first-order chi connectivity index (χ1) is 12.2. The molecule has 1 aliphatic heterocycles. The van der Waals surface area contributed by atoms with Gasteiger partial charge in [-0.2, -0.15) is 0 Å². The Balaban J connectivity index is 1.35. The van der Waals surface area contributed by atoms with Crippen LogP contribution in [0.15, 0.2) is 30.3 Å². The van der Waals surface area contributed by atoms with E-state index in [1.54, 1.807) is 4.90 Å². The number of ether oxygens (including phenoxy) is 2. The van der Waals surface area contributed by atoms with E-state index in [2.05, 4.69) is 0 Å². The van der Waals surface area contributed by atoms with E-state index in [4.69, 9.17) is 9.47 Å². The summed E-state index contributed by atoms with van der Waals surface area (Å²) in [6, 6.07) is 9.75. The third kappa shape index (κ3) is 5.44. The fourth-order valence-corrected chi connectivity index (χ4v) is 3.71. The van der Waals surface area contributed by atoms with Crippen molar-refractivity contribution in [3.05, 3.63) is 35.9 Å². The van der Waals surface area contributed by atoms with Crippen molar-refractivity contribution >= 4 is 6.09 Å². The maximum atomic E-state index is 12.2. The van der Waals surface area contributed by atoms with Gasteiger partial charge in [0.2, 0.25) is 0 Å². The molecular formula is C20H29NO4. The van der Waals surface area contributed by atoms with Crippen LogP contribution in [0.3, 0.4) is 0 Å². The predicted molar refractivity (Wildman–Crippen MR) is 95.1 cm³/mol. The van der Waals surface area contributed by atoms with Crippen LogP contribution in [0.5, 0.6) is 0 Å². The van der Waals surface area contributed by atoms with Gasteiger partial charge in [-0.05, 0) is 50.0 Å². The number of rotatable bonds is 5. The minimum absolute atomic E-state index is 0.231. The van der Waals surface area contributed by atoms with Crippen LogP contribution in [-0.2, 0) is 16.1 Å². The number of piperidine rings is 1. The van der Waals surface area contributed by atoms with E-state index in [9.17, 15) is 9.90 Å². The first-order valence-electron chi connectivity index (χ1n) is 9.46. The molecule has 2 fully saturated rings. The molecule has 5 nitrogen and oxygen atoms in total. The summed E-state index contributed by atoms with van der Waals surface area (Å²) in [7, 11) is 0. The average Bonchev–Trinajstić information content (AvgIpc) is 2.68. The van der Waals surface area contributed by atoms with Gasteiger partial charge in [0.1, 0.15) is 6.61 Å². The van der Waals surface area contributed by atoms with Crippen LogP contribution in [0.4, 0.5) is 4.79 Å². The van der Waals surface area contributed by atoms with Gasteiger partial charge in [-0.1, -0.05) is 30.3 Å². The Hall–Kier alpha value is -1.59. The van der Waals surface area contributed by atoms with E-state index < -0.39 is 0 Å². The number of aliphatic hydroxyl groups excluding tert-OH is 1. The predicted octanol–water partition coefficient (Wildman–Crippen LogP) is 3.36. The summed E-state index contributed by atoms with van der Waals surface area (Å²) in [5.41, 5.74) is 1.01. The summed E-state index contributed by atoms with van der Waals surface area (Å²) >= 11 is 0. The maximum absolute atomic E-state index is 12.2. The van der Waals surface area contributed by atoms with Crippen LogP contribution in [0.2, 0.25) is 0 Å². The van der Waals surface area contributed by atoms with Crippen LogP contribution >= 0.6 is 0 Å². The molecule has 138 valence electrons. The number of nitrogens with zero attached hydrogens (tertiary/aromatic N) is 1. The van der Waals surface area contributed by atoms with E-state index in [1.807, 2.05) is 30.3 Å². The summed E-state index contributed by atoms with van der Waals surface area (Å²) in [6.07, 6.45) is 6.30. The highest BCUT2D eigenvalue weighted by atomic mass is 16.6. The SMILES string of the molecule is O=C(OCc1ccccc1)N1CCC(O[C@H]2CC[C@H](CO)CC2)CC1. The second-order valence-corrected chi connectivity index (χ2v) is 7.19. The van der Waals surface area contributed by atoms with Gasteiger partial charge in [0.05, 0.1) is 12.2 Å². The molecule has 0 unspecified atom stereocenters. The van der Waals surface area contributed by atoms with Gasteiger partial charge in [-0.25, -0.2) is 4.79 Å². The molecule has 0 bridgehead atoms. The number of likely N-dealkylation sites (tertiary alicyclic amines) is 1. The molecule has 1 amide bonds. The summed E-state index contributed by atoms with van der Waals surface area (Å²) in [4.78, 5) is 14.0. The Morgan fingerprint density at radius 1 is 1.00 bits per heavy atom. The Bertz CT molecular complexity index is 520. The lowest BCUT2D eigenvalue weighted by Gasteiger charge is -2.35. The van der Waals surface area contributed by atoms with Gasteiger partial charge in [-0.3, -0.25) is 0 Å². The van der Waals surface area contributed by atoms with Gasteiger partial charge in [0.25, 0.3) is 0 Å². The Kier molecular flexibility index (Phi) is 6.70. The van der Waals surface area contributed by atoms with Crippen LogP contribution in [-0.4, -0.2) is 48.0 Å². The summed E-state index contributed by atoms with van der Waals surface area (Å²) in [5, 5.41) is 9.21. The summed E-state index contributed by atoms with van der Waals surface area (Å²) in [6.45, 7) is 2.02. The molecule has 5 heteroatoms.